The van der Waals surface area contributed by atoms with Gasteiger partial charge in [-0.3, -0.25) is 0 Å². The Balaban J connectivity index is 2.10. The fourth-order valence-electron chi connectivity index (χ4n) is 3.40. The fourth-order valence-corrected chi connectivity index (χ4v) is 3.40. The second-order valence-corrected chi connectivity index (χ2v) is 7.32. The third-order valence-corrected chi connectivity index (χ3v) is 4.97. The molecule has 1 fully saturated rings. The lowest BCUT2D eigenvalue weighted by Gasteiger charge is -2.16. The molecular formula is C17H19F6N7O3. The number of hydrogen-bond acceptors (Lipinski definition) is 7. The van der Waals surface area contributed by atoms with E-state index in [9.17, 15) is 41.7 Å². The van der Waals surface area contributed by atoms with Crippen LogP contribution in [0.5, 0.6) is 0 Å². The third-order valence-electron chi connectivity index (χ3n) is 4.97. The van der Waals surface area contributed by atoms with Crippen LogP contribution in [0.4, 0.5) is 32.2 Å². The summed E-state index contributed by atoms with van der Waals surface area (Å²) in [7, 11) is 0. The molecule has 1 saturated heterocycles. The van der Waals surface area contributed by atoms with Crippen molar-refractivity contribution in [1.82, 2.24) is 20.3 Å². The van der Waals surface area contributed by atoms with Crippen LogP contribution in [-0.2, 0) is 18.9 Å². The van der Waals surface area contributed by atoms with Gasteiger partial charge in [0.2, 0.25) is 0 Å². The molecule has 1 aliphatic rings. The summed E-state index contributed by atoms with van der Waals surface area (Å²) in [6, 6.07) is -0.944. The van der Waals surface area contributed by atoms with Crippen molar-refractivity contribution in [2.75, 3.05) is 6.61 Å². The Labute approximate surface area is 181 Å². The highest BCUT2D eigenvalue weighted by molar-refractivity contribution is 5.82. The molecule has 0 amide bonds. The molecule has 0 saturated carbocycles. The van der Waals surface area contributed by atoms with Gasteiger partial charge in [0, 0.05) is 5.56 Å². The number of hydrogen-bond donors (Lipinski definition) is 6. The van der Waals surface area contributed by atoms with E-state index in [1.54, 1.807) is 0 Å². The van der Waals surface area contributed by atoms with Crippen molar-refractivity contribution >= 4 is 11.8 Å². The van der Waals surface area contributed by atoms with Crippen LogP contribution < -0.4 is 16.8 Å². The number of benzene rings is 1. The molecule has 2 aromatic rings. The van der Waals surface area contributed by atoms with Gasteiger partial charge < -0.3 is 32.1 Å². The van der Waals surface area contributed by atoms with Gasteiger partial charge in [-0.05, 0) is 18.2 Å². The Bertz CT molecular complexity index is 1000. The molecule has 33 heavy (non-hydrogen) atoms. The zero-order valence-corrected chi connectivity index (χ0v) is 16.5. The normalized spacial score (nSPS) is 23.7. The third kappa shape index (κ3) is 5.18. The summed E-state index contributed by atoms with van der Waals surface area (Å²) >= 11 is 0. The van der Waals surface area contributed by atoms with Crippen molar-refractivity contribution in [3.63, 3.8) is 0 Å². The van der Waals surface area contributed by atoms with Crippen LogP contribution in [0.3, 0.4) is 0 Å². The minimum Gasteiger partial charge on any atom is -0.395 e. The van der Waals surface area contributed by atoms with E-state index in [2.05, 4.69) is 20.6 Å². The first-order valence-corrected chi connectivity index (χ1v) is 9.28. The maximum absolute atomic E-state index is 13.2. The topological polar surface area (TPSA) is 168 Å². The highest BCUT2D eigenvalue weighted by Crippen LogP contribution is 2.40. The SMILES string of the molecule is NC(N)=Nc1c(-c2cc(C(F)(F)F)cc(C(F)(F)F)c2)nnn1C[C@H]1N[C@H](CO)[C@@H](O)[C@@H]1O. The molecule has 0 aliphatic carbocycles. The maximum Gasteiger partial charge on any atom is 0.416 e. The number of guanidine groups is 1. The Morgan fingerprint density at radius 2 is 1.55 bits per heavy atom. The number of aromatic nitrogens is 3. The van der Waals surface area contributed by atoms with Gasteiger partial charge in [0.1, 0.15) is 5.69 Å². The summed E-state index contributed by atoms with van der Waals surface area (Å²) in [5, 5.41) is 39.4. The molecule has 2 heterocycles. The van der Waals surface area contributed by atoms with Gasteiger partial charge in [-0.15, -0.1) is 5.10 Å². The van der Waals surface area contributed by atoms with Crippen LogP contribution in [-0.4, -0.2) is 67.2 Å². The van der Waals surface area contributed by atoms with Crippen LogP contribution in [0.2, 0.25) is 0 Å². The van der Waals surface area contributed by atoms with Crippen molar-refractivity contribution in [2.24, 2.45) is 16.5 Å². The molecule has 0 bridgehead atoms. The lowest BCUT2D eigenvalue weighted by atomic mass is 10.0. The van der Waals surface area contributed by atoms with Gasteiger partial charge in [0.05, 0.1) is 48.6 Å². The number of aliphatic imine (C=N–C) groups is 1. The summed E-state index contributed by atoms with van der Waals surface area (Å²) in [4.78, 5) is 3.73. The van der Waals surface area contributed by atoms with E-state index in [1.807, 2.05) is 0 Å². The largest absolute Gasteiger partial charge is 0.416 e. The standard InChI is InChI=1S/C17H19F6N7O3/c18-16(19,20)7-1-6(2-8(3-7)17(21,22)23)11-14(27-15(24)25)30(29-28-11)4-9-12(32)13(33)10(5-31)26-9/h1-3,9-10,12-13,26,31-33H,4-5H2,(H4,24,25,27)/t9-,10-,12-,13-/m1/s1. The van der Waals surface area contributed by atoms with Gasteiger partial charge in [0.15, 0.2) is 11.8 Å². The second-order valence-electron chi connectivity index (χ2n) is 7.32. The van der Waals surface area contributed by atoms with E-state index < -0.39 is 71.6 Å². The molecular weight excluding hydrogens is 464 g/mol. The van der Waals surface area contributed by atoms with Crippen molar-refractivity contribution in [1.29, 1.82) is 0 Å². The first-order valence-electron chi connectivity index (χ1n) is 9.28. The van der Waals surface area contributed by atoms with Gasteiger partial charge in [-0.1, -0.05) is 5.21 Å². The quantitative estimate of drug-likeness (QED) is 0.195. The van der Waals surface area contributed by atoms with Crippen LogP contribution in [0.25, 0.3) is 11.3 Å². The summed E-state index contributed by atoms with van der Waals surface area (Å²) in [6.07, 6.45) is -12.9. The molecule has 0 radical (unpaired) electrons. The van der Waals surface area contributed by atoms with E-state index in [4.69, 9.17) is 11.5 Å². The van der Waals surface area contributed by atoms with E-state index in [0.29, 0.717) is 12.1 Å². The minimum atomic E-state index is -5.09. The Morgan fingerprint density at radius 1 is 1.00 bits per heavy atom. The van der Waals surface area contributed by atoms with Crippen LogP contribution >= 0.6 is 0 Å². The van der Waals surface area contributed by atoms with Crippen LogP contribution in [0, 0.1) is 0 Å². The number of nitrogens with one attached hydrogen (secondary N) is 1. The number of alkyl halides is 6. The predicted molar refractivity (Wildman–Crippen MR) is 101 cm³/mol. The highest BCUT2D eigenvalue weighted by Gasteiger charge is 2.41. The van der Waals surface area contributed by atoms with Gasteiger partial charge in [-0.25, -0.2) is 4.68 Å². The van der Waals surface area contributed by atoms with Crippen LogP contribution in [0.15, 0.2) is 23.2 Å². The molecule has 0 unspecified atom stereocenters. The highest BCUT2D eigenvalue weighted by atomic mass is 19.4. The number of aliphatic hydroxyl groups is 3. The van der Waals surface area contributed by atoms with Gasteiger partial charge in [0.25, 0.3) is 0 Å². The maximum atomic E-state index is 13.2. The fraction of sp³-hybridized carbons (Fsp3) is 0.471. The molecule has 1 aromatic carbocycles. The van der Waals surface area contributed by atoms with Crippen molar-refractivity contribution < 1.29 is 41.7 Å². The summed E-state index contributed by atoms with van der Waals surface area (Å²) in [5.74, 6) is -0.964. The molecule has 1 aromatic heterocycles. The average Bonchev–Trinajstić information content (AvgIpc) is 3.21. The van der Waals surface area contributed by atoms with E-state index in [1.165, 1.54) is 0 Å². The molecule has 1 aliphatic heterocycles. The molecule has 182 valence electrons. The molecule has 0 spiro atoms. The number of halogens is 6. The van der Waals surface area contributed by atoms with E-state index in [-0.39, 0.29) is 18.4 Å². The number of nitrogens with zero attached hydrogens (tertiary/aromatic N) is 4. The van der Waals surface area contributed by atoms with Gasteiger partial charge in [-0.2, -0.15) is 31.3 Å². The first-order chi connectivity index (χ1) is 15.2. The predicted octanol–water partition coefficient (Wildman–Crippen LogP) is -0.0579. The van der Waals surface area contributed by atoms with E-state index in [0.717, 1.165) is 4.68 Å². The number of nitrogens with two attached hydrogens (primary N) is 2. The molecule has 8 N–H and O–H groups in total. The summed E-state index contributed by atoms with van der Waals surface area (Å²) in [5.41, 5.74) is 6.50. The van der Waals surface area contributed by atoms with Crippen molar-refractivity contribution in [3.05, 3.63) is 29.3 Å². The Morgan fingerprint density at radius 3 is 2.00 bits per heavy atom. The Hall–Kier alpha value is -2.95. The zero-order chi connectivity index (χ0) is 24.7. The lowest BCUT2D eigenvalue weighted by molar-refractivity contribution is -0.143. The Kier molecular flexibility index (Phi) is 6.56. The molecule has 16 heteroatoms. The average molecular weight is 483 g/mol. The number of rotatable bonds is 5. The van der Waals surface area contributed by atoms with Crippen molar-refractivity contribution in [2.45, 2.75) is 43.2 Å². The number of aliphatic hydroxyl groups excluding tert-OH is 3. The molecule has 4 atom stereocenters. The monoisotopic (exact) mass is 483 g/mol. The summed E-state index contributed by atoms with van der Waals surface area (Å²) < 4.78 is 80.3. The lowest BCUT2D eigenvalue weighted by Crippen LogP contribution is -2.38. The first kappa shape index (κ1) is 24.7. The minimum absolute atomic E-state index is 0.0383. The van der Waals surface area contributed by atoms with Crippen LogP contribution in [0.1, 0.15) is 11.1 Å². The molecule has 10 nitrogen and oxygen atoms in total. The van der Waals surface area contributed by atoms with Gasteiger partial charge >= 0.3 is 12.4 Å². The molecule has 3 rings (SSSR count). The van der Waals surface area contributed by atoms with Crippen molar-refractivity contribution in [3.8, 4) is 11.3 Å². The smallest absolute Gasteiger partial charge is 0.395 e. The van der Waals surface area contributed by atoms with E-state index >= 15 is 0 Å². The summed E-state index contributed by atoms with van der Waals surface area (Å²) in [6.45, 7) is -0.804. The zero-order valence-electron chi connectivity index (χ0n) is 16.5. The second kappa shape index (κ2) is 8.77.